The highest BCUT2D eigenvalue weighted by Gasteiger charge is 2.47. The van der Waals surface area contributed by atoms with Gasteiger partial charge in [0.25, 0.3) is 0 Å². The highest BCUT2D eigenvalue weighted by molar-refractivity contribution is 5.86. The molecule has 143 heavy (non-hydrogen) atoms. The lowest BCUT2D eigenvalue weighted by molar-refractivity contribution is -0.130. The van der Waals surface area contributed by atoms with E-state index in [4.69, 9.17) is 204 Å². The molecule has 0 radical (unpaired) electrons. The number of hydrogen-bond donors (Lipinski definition) is 0. The lowest BCUT2D eigenvalue weighted by Gasteiger charge is -2.43. The fourth-order valence-electron chi connectivity index (χ4n) is 14.9. The van der Waals surface area contributed by atoms with Crippen molar-refractivity contribution in [1.29, 1.82) is 0 Å². The maximum absolute atomic E-state index is 14.1. The van der Waals surface area contributed by atoms with E-state index in [1.54, 1.807) is 27.7 Å². The second-order valence-electron chi connectivity index (χ2n) is 32.1. The Bertz CT molecular complexity index is 10500. The second kappa shape index (κ2) is 52.3. The van der Waals surface area contributed by atoms with Gasteiger partial charge in [0.05, 0.1) is 142 Å². The summed E-state index contributed by atoms with van der Waals surface area (Å²) in [4.78, 5) is 81.6. The summed E-state index contributed by atoms with van der Waals surface area (Å²) in [6.07, 6.45) is -61.3. The summed E-state index contributed by atoms with van der Waals surface area (Å²) in [6.45, 7) is -39.6. The first kappa shape index (κ1) is 36.6. The molecule has 0 amide bonds. The zero-order valence-electron chi connectivity index (χ0n) is 186. The minimum absolute atomic E-state index is 0. The van der Waals surface area contributed by atoms with Crippen LogP contribution >= 0.6 is 0 Å². The van der Waals surface area contributed by atoms with Crippen LogP contribution in [-0.2, 0) is 67.0 Å². The fourth-order valence-corrected chi connectivity index (χ4v) is 14.9. The molecule has 790 valence electrons. The standard InChI is InChI=1S/3C20H29NO3.3C19H27NO3.2CH4/c3*1-5-13(2)8-15-12-21-7-6-14-9-19(23-3)20(24-4)10-16(14)17(21)11-18(15)22;3*1-12(2)7-14-11-20-6-5-13-8-18(22-3)19(23-4)9-15(13)16(20)10-17(14)21;;/h3*9-10,13,15,17H,5-8,11-12H2,1-4H3;3*8-9,12,14,16H,5-7,10-11H2,1-4H3;2*1H4/i2D3,3D3,4D3,5D2,6D2,7D2,8D2,11D2,12D2,13D,15D,17D;2D3,3D3,4D3,5D2,6D2,7D2,8D2,11D2,13D,15D,17D;2D3,3D3,4D3,5D2,6D2,7D2,8D2,12D2,13D,17D;3D3,4D3,5D2,6D2,10D2,11D2,14D,16D;3D3,4D3,5D2,6D2,10D2,14D,16D;3D3,4D3,5D2,6D2,11D2,16D;;. The van der Waals surface area contributed by atoms with Gasteiger partial charge < -0.3 is 56.8 Å². The van der Waals surface area contributed by atoms with Crippen molar-refractivity contribution in [3.8, 4) is 69.0 Å². The van der Waals surface area contributed by atoms with E-state index in [1.165, 1.54) is 13.8 Å². The average Bonchev–Trinajstić information content (AvgIpc) is 0.632. The van der Waals surface area contributed by atoms with Crippen LogP contribution in [0.5, 0.6) is 69.0 Å². The zero-order chi connectivity index (χ0) is 198. The quantitative estimate of drug-likeness (QED) is 0.0466. The molecular formula is C119H176N6O18. The van der Waals surface area contributed by atoms with Crippen LogP contribution in [0, 0.1) is 70.8 Å². The van der Waals surface area contributed by atoms with Gasteiger partial charge in [0, 0.05) is 281 Å². The zero-order valence-corrected chi connectivity index (χ0v) is 75.8. The van der Waals surface area contributed by atoms with Crippen LogP contribution in [0.25, 0.3) is 0 Å². The molecule has 24 heteroatoms. The van der Waals surface area contributed by atoms with Crippen LogP contribution in [-0.4, -0.2) is 227 Å². The van der Waals surface area contributed by atoms with Crippen LogP contribution < -0.4 is 56.8 Å². The Morgan fingerprint density at radius 1 is 0.301 bits per heavy atom. The van der Waals surface area contributed by atoms with Gasteiger partial charge in [0.1, 0.15) is 34.7 Å². The number of rotatable bonds is 27. The lowest BCUT2D eigenvalue weighted by Crippen LogP contribution is -2.46. The molecule has 0 bridgehead atoms. The van der Waals surface area contributed by atoms with Gasteiger partial charge in [-0.2, -0.15) is 0 Å². The van der Waals surface area contributed by atoms with E-state index in [2.05, 4.69) is 0 Å². The number of benzene rings is 6. The van der Waals surface area contributed by atoms with Gasteiger partial charge in [-0.15, -0.1) is 0 Å². The minimum atomic E-state index is -4.67. The van der Waals surface area contributed by atoms with Crippen LogP contribution in [0.4, 0.5) is 0 Å². The summed E-state index contributed by atoms with van der Waals surface area (Å²) in [5.41, 5.74) is -10.4. The Balaban J connectivity index is 0.000000274. The summed E-state index contributed by atoms with van der Waals surface area (Å²) < 4.78 is 957. The van der Waals surface area contributed by atoms with Crippen LogP contribution in [0.2, 0.25) is 0 Å². The molecule has 6 aromatic carbocycles. The Morgan fingerprint density at radius 2 is 0.538 bits per heavy atom. The topological polar surface area (TPSA) is 233 Å². The van der Waals surface area contributed by atoms with E-state index >= 15 is 0 Å². The Morgan fingerprint density at radius 3 is 0.853 bits per heavy atom. The highest BCUT2D eigenvalue weighted by Crippen LogP contribution is 2.51. The van der Waals surface area contributed by atoms with Gasteiger partial charge in [-0.3, -0.25) is 58.2 Å². The monoisotopic (exact) mass is 2090 g/mol. The number of ketones is 6. The van der Waals surface area contributed by atoms with Gasteiger partial charge in [-0.25, -0.2) is 0 Å². The lowest BCUT2D eigenvalue weighted by atomic mass is 9.79. The van der Waals surface area contributed by atoms with Gasteiger partial charge in [0.15, 0.2) is 69.0 Å². The van der Waals surface area contributed by atoms with Crippen molar-refractivity contribution < 1.29 is 236 Å². The van der Waals surface area contributed by atoms with E-state index in [1.807, 2.05) is 0 Å². The molecule has 0 N–H and O–H groups in total. The van der Waals surface area contributed by atoms with Gasteiger partial charge >= 0.3 is 0 Å². The molecule has 12 aliphatic heterocycles. The van der Waals surface area contributed by atoms with Crippen molar-refractivity contribution in [2.24, 2.45) is 70.8 Å². The predicted molar refractivity (Wildman–Crippen MR) is 568 cm³/mol. The molecule has 0 aliphatic carbocycles. The SMILES string of the molecule is C.C.[2H]C([2H])([2H])Oc1cc2c(cc1OC([2H])([2H])[2H])C([2H])([2H])C([2H])([2H])N1C2([2H])CC(=O)C(C([2H])([2H])C([2H])(C([2H])([2H])[2H])C([2H])([2H])C)C1([2H])[2H].[2H]C([2H])([2H])Oc1cc2c(cc1OC([2H])([2H])[2H])C([2H])([2H])C([2H])([2H])N1C2([2H])CC(=O)C(CC(C)C)C1([2H])[2H].[2H]C([2H])([2H])Oc1cc2c(cc1OC([2H])([2H])[2H])C1([2H])N(C([2H])([2H])C([2H])(CC(C)C)C(=O)C1([2H])[2H])C([2H])([2H])C2([2H])[2H].[2H]C([2H])([2H])Oc1cc2c(cc1OC([2H])([2H])[2H])C1([2H])N(C([2H])([2H])C2([2H])[2H])C([2H])([2H])C([2H])(C([2H])([2H])C([2H])(C([2H])([2H])[2H])C([2H])([2H])C)C(=O)C1([2H])[2H].[2H]C([2H])([2H])Oc1cc2c(cc1OC([2H])([2H])[2H])C1([2H])N(CC([2H])(C([2H])([2H])C([2H])(C([2H])([2H])[2H])C([2H])([2H])C)C(=O)C1([2H])[2H])C([2H])([2H])C2([2H])[2H].[2H]C([2H])([2H])Oc1cc2c(cc1OC([2H])([2H])[2H])C1([2H])N(CC([2H])(CC(C)C)C(=O)C1([2H])[2H])C([2H])([2H])C2([2H])[2H]. The maximum Gasteiger partial charge on any atom is 0.161 e. The molecule has 0 aromatic heterocycles. The highest BCUT2D eigenvalue weighted by atomic mass is 16.5. The fraction of sp³-hybridized carbons (Fsp3) is 0.647. The second-order valence-corrected chi connectivity index (χ2v) is 32.1. The van der Waals surface area contributed by atoms with E-state index in [-0.39, 0.29) is 60.3 Å². The van der Waals surface area contributed by atoms with Crippen molar-refractivity contribution in [2.45, 2.75) is 268 Å². The molecule has 12 aliphatic rings. The molecule has 15 atom stereocenters. The molecule has 12 heterocycles. The van der Waals surface area contributed by atoms with E-state index < -0.39 is 575 Å². The Kier molecular flexibility index (Phi) is 13.4. The molecule has 6 saturated heterocycles. The van der Waals surface area contributed by atoms with Crippen molar-refractivity contribution >= 4 is 34.7 Å². The van der Waals surface area contributed by atoms with Crippen molar-refractivity contribution in [2.75, 3.05) is 163 Å². The molecule has 6 fully saturated rings. The minimum Gasteiger partial charge on any atom is -0.493 e. The first-order valence-electron chi connectivity index (χ1n) is 96.9. The normalized spacial score (nSPS) is 50.4. The number of carbonyl (C=O) groups excluding carboxylic acids is 6. The third-order valence-electron chi connectivity index (χ3n) is 21.5. The summed E-state index contributed by atoms with van der Waals surface area (Å²) in [5.74, 6) is -52.5. The molecule has 15 unspecified atom stereocenters. The number of carbonyl (C=O) groups is 6. The Hall–Kier alpha value is -9.30. The van der Waals surface area contributed by atoms with Gasteiger partial charge in [-0.05, 0) is 252 Å². The van der Waals surface area contributed by atoms with Crippen molar-refractivity contribution in [1.82, 2.24) is 29.4 Å². The number of ether oxygens (including phenoxy) is 12. The Labute approximate surface area is 1010 Å². The van der Waals surface area contributed by atoms with Crippen LogP contribution in [0.3, 0.4) is 0 Å². The third-order valence-corrected chi connectivity index (χ3v) is 21.5. The smallest absolute Gasteiger partial charge is 0.161 e. The summed E-state index contributed by atoms with van der Waals surface area (Å²) in [7, 11) is -39.2. The average molecular weight is 2090 g/mol. The van der Waals surface area contributed by atoms with E-state index in [0.29, 0.717) is 85.2 Å². The first-order chi connectivity index (χ1) is 109. The molecule has 18 rings (SSSR count). The molecule has 6 aromatic rings. The maximum atomic E-state index is 14.1. The van der Waals surface area contributed by atoms with Gasteiger partial charge in [-0.1, -0.05) is 117 Å². The van der Waals surface area contributed by atoms with Crippen molar-refractivity contribution in [3.05, 3.63) is 140 Å². The molecule has 0 spiro atoms. The number of methoxy groups -OCH3 is 12. The largest absolute Gasteiger partial charge is 0.493 e. The van der Waals surface area contributed by atoms with Crippen molar-refractivity contribution in [3.63, 3.8) is 0 Å². The van der Waals surface area contributed by atoms with Crippen LogP contribution in [0.1, 0.15) is 447 Å². The first-order valence-corrected chi connectivity index (χ1v) is 41.9. The number of Topliss-reactive ketones (excluding diaryl/α,β-unsaturated/α-hetero) is 6. The molecular weight excluding hydrogens is 1800 g/mol. The number of nitrogens with zero attached hydrogens (tertiary/aromatic N) is 6. The molecule has 0 saturated carbocycles. The third kappa shape index (κ3) is 26.8. The number of hydrogen-bond acceptors (Lipinski definition) is 24. The number of aryl methyl sites for hydroxylation is 6. The van der Waals surface area contributed by atoms with E-state index in [9.17, 15) is 32.9 Å². The van der Waals surface area contributed by atoms with Crippen LogP contribution in [0.15, 0.2) is 72.8 Å². The summed E-state index contributed by atoms with van der Waals surface area (Å²) in [6, 6.07) is -12.9. The predicted octanol–water partition coefficient (Wildman–Crippen LogP) is 21.9. The van der Waals surface area contributed by atoms with Gasteiger partial charge in [0.2, 0.25) is 0 Å². The molecule has 24 nitrogen and oxygen atoms in total. The number of fused-ring (bicyclic) bond motifs is 18. The summed E-state index contributed by atoms with van der Waals surface area (Å²) in [5, 5.41) is 0. The number of piperidine rings is 6. The summed E-state index contributed by atoms with van der Waals surface area (Å²) >= 11 is 0. The van der Waals surface area contributed by atoms with E-state index in [0.717, 1.165) is 12.1 Å².